The fraction of sp³-hybridized carbons (Fsp3) is 0.296. The van der Waals surface area contributed by atoms with Gasteiger partial charge < -0.3 is 24.4 Å². The maximum absolute atomic E-state index is 12.9. The average Bonchev–Trinajstić information content (AvgIpc) is 2.88. The summed E-state index contributed by atoms with van der Waals surface area (Å²) < 4.78 is 16.6. The van der Waals surface area contributed by atoms with E-state index in [1.54, 1.807) is 32.4 Å². The minimum absolute atomic E-state index is 0.0918. The molecule has 1 fully saturated rings. The highest BCUT2D eigenvalue weighted by atomic mass is 16.5. The molecule has 0 radical (unpaired) electrons. The molecule has 1 heterocycles. The number of piperidine rings is 1. The van der Waals surface area contributed by atoms with Crippen molar-refractivity contribution < 1.29 is 19.0 Å². The maximum atomic E-state index is 12.9. The number of carbonyl (C=O) groups is 1. The van der Waals surface area contributed by atoms with Crippen molar-refractivity contribution >= 4 is 11.6 Å². The second kappa shape index (κ2) is 10.8. The number of nitrogens with zero attached hydrogens (tertiary/aromatic N) is 1. The zero-order valence-corrected chi connectivity index (χ0v) is 19.1. The molecule has 0 unspecified atom stereocenters. The number of benzene rings is 3. The first-order valence-electron chi connectivity index (χ1n) is 11.2. The number of ether oxygens (including phenoxy) is 3. The number of hydrogen-bond donors (Lipinski definition) is 1. The predicted octanol–water partition coefficient (Wildman–Crippen LogP) is 4.68. The van der Waals surface area contributed by atoms with E-state index in [9.17, 15) is 4.79 Å². The number of anilines is 1. The summed E-state index contributed by atoms with van der Waals surface area (Å²) in [6.45, 7) is 2.23. The fourth-order valence-corrected chi connectivity index (χ4v) is 4.01. The molecule has 0 aromatic heterocycles. The first-order chi connectivity index (χ1) is 16.2. The van der Waals surface area contributed by atoms with E-state index >= 15 is 0 Å². The van der Waals surface area contributed by atoms with Crippen LogP contribution in [-0.4, -0.2) is 39.3 Å². The molecule has 1 N–H and O–H groups in total. The van der Waals surface area contributed by atoms with Gasteiger partial charge in [-0.05, 0) is 60.9 Å². The summed E-state index contributed by atoms with van der Waals surface area (Å²) >= 11 is 0. The summed E-state index contributed by atoms with van der Waals surface area (Å²) in [5.74, 6) is 1.93. The van der Waals surface area contributed by atoms with Gasteiger partial charge in [-0.3, -0.25) is 4.79 Å². The van der Waals surface area contributed by atoms with Crippen molar-refractivity contribution in [3.8, 4) is 17.2 Å². The van der Waals surface area contributed by atoms with Crippen LogP contribution in [0.3, 0.4) is 0 Å². The Kier molecular flexibility index (Phi) is 7.35. The van der Waals surface area contributed by atoms with E-state index < -0.39 is 0 Å². The minimum Gasteiger partial charge on any atom is -0.497 e. The Bertz CT molecular complexity index is 1050. The van der Waals surface area contributed by atoms with Crippen LogP contribution < -0.4 is 24.4 Å². The topological polar surface area (TPSA) is 60.0 Å². The van der Waals surface area contributed by atoms with Gasteiger partial charge in [0.1, 0.15) is 12.4 Å². The average molecular weight is 447 g/mol. The lowest BCUT2D eigenvalue weighted by Gasteiger charge is -2.34. The Morgan fingerprint density at radius 2 is 1.64 bits per heavy atom. The molecular formula is C27H30N2O4. The van der Waals surface area contributed by atoms with Gasteiger partial charge in [-0.15, -0.1) is 0 Å². The third kappa shape index (κ3) is 5.77. The van der Waals surface area contributed by atoms with Crippen LogP contribution in [0.4, 0.5) is 5.69 Å². The van der Waals surface area contributed by atoms with Gasteiger partial charge in [-0.25, -0.2) is 0 Å². The molecule has 0 bridgehead atoms. The van der Waals surface area contributed by atoms with E-state index in [0.717, 1.165) is 37.2 Å². The van der Waals surface area contributed by atoms with Crippen molar-refractivity contribution in [2.45, 2.75) is 25.5 Å². The number of amides is 1. The van der Waals surface area contributed by atoms with Gasteiger partial charge in [0.25, 0.3) is 5.91 Å². The molecule has 1 aliphatic heterocycles. The number of carbonyl (C=O) groups excluding carboxylic acids is 1. The largest absolute Gasteiger partial charge is 0.497 e. The zero-order chi connectivity index (χ0) is 23.0. The van der Waals surface area contributed by atoms with Crippen molar-refractivity contribution in [1.29, 1.82) is 0 Å². The minimum atomic E-state index is -0.0918. The molecule has 6 nitrogen and oxygen atoms in total. The Hall–Kier alpha value is -3.67. The standard InChI is InChI=1S/C27H30N2O4/c1-31-24-11-9-23(10-12-24)29-16-14-22(15-17-29)28-27(30)21-8-13-25(26(18-21)32-2)33-19-20-6-4-3-5-7-20/h3-13,18,22H,14-17,19H2,1-2H3,(H,28,30). The van der Waals surface area contributed by atoms with Gasteiger partial charge in [0, 0.05) is 30.4 Å². The first kappa shape index (κ1) is 22.5. The number of methoxy groups -OCH3 is 2. The smallest absolute Gasteiger partial charge is 0.251 e. The number of nitrogens with one attached hydrogen (secondary N) is 1. The molecule has 33 heavy (non-hydrogen) atoms. The van der Waals surface area contributed by atoms with Gasteiger partial charge in [0.15, 0.2) is 11.5 Å². The van der Waals surface area contributed by atoms with E-state index in [2.05, 4.69) is 22.3 Å². The number of rotatable bonds is 8. The second-order valence-corrected chi connectivity index (χ2v) is 8.07. The Morgan fingerprint density at radius 1 is 0.909 bits per heavy atom. The molecule has 3 aromatic carbocycles. The molecule has 0 saturated carbocycles. The van der Waals surface area contributed by atoms with Crippen LogP contribution in [0.2, 0.25) is 0 Å². The summed E-state index contributed by atoms with van der Waals surface area (Å²) in [5, 5.41) is 3.17. The lowest BCUT2D eigenvalue weighted by atomic mass is 10.0. The van der Waals surface area contributed by atoms with Gasteiger partial charge >= 0.3 is 0 Å². The molecule has 172 valence electrons. The van der Waals surface area contributed by atoms with Crippen molar-refractivity contribution in [3.63, 3.8) is 0 Å². The fourth-order valence-electron chi connectivity index (χ4n) is 4.01. The SMILES string of the molecule is COc1ccc(N2CCC(NC(=O)c3ccc(OCc4ccccc4)c(OC)c3)CC2)cc1. The first-order valence-corrected chi connectivity index (χ1v) is 11.2. The third-order valence-corrected chi connectivity index (χ3v) is 5.93. The lowest BCUT2D eigenvalue weighted by Crippen LogP contribution is -2.44. The summed E-state index contributed by atoms with van der Waals surface area (Å²) in [4.78, 5) is 15.2. The van der Waals surface area contributed by atoms with Crippen LogP contribution in [0.1, 0.15) is 28.8 Å². The normalized spacial score (nSPS) is 13.9. The summed E-state index contributed by atoms with van der Waals surface area (Å²) in [7, 11) is 3.26. The van der Waals surface area contributed by atoms with Crippen LogP contribution in [-0.2, 0) is 6.61 Å². The van der Waals surface area contributed by atoms with E-state index in [1.807, 2.05) is 42.5 Å². The molecule has 0 atom stereocenters. The second-order valence-electron chi connectivity index (χ2n) is 8.07. The van der Waals surface area contributed by atoms with Gasteiger partial charge in [0.05, 0.1) is 14.2 Å². The predicted molar refractivity (Wildman–Crippen MR) is 129 cm³/mol. The monoisotopic (exact) mass is 446 g/mol. The van der Waals surface area contributed by atoms with Crippen LogP contribution in [0.15, 0.2) is 72.8 Å². The van der Waals surface area contributed by atoms with E-state index in [4.69, 9.17) is 14.2 Å². The highest BCUT2D eigenvalue weighted by molar-refractivity contribution is 5.95. The van der Waals surface area contributed by atoms with Gasteiger partial charge in [0.2, 0.25) is 0 Å². The van der Waals surface area contributed by atoms with Crippen LogP contribution >= 0.6 is 0 Å². The van der Waals surface area contributed by atoms with Crippen molar-refractivity contribution in [3.05, 3.63) is 83.9 Å². The Labute approximate surface area is 195 Å². The quantitative estimate of drug-likeness (QED) is 0.544. The van der Waals surface area contributed by atoms with E-state index in [1.165, 1.54) is 5.69 Å². The molecular weight excluding hydrogens is 416 g/mol. The van der Waals surface area contributed by atoms with Crippen molar-refractivity contribution in [2.75, 3.05) is 32.2 Å². The zero-order valence-electron chi connectivity index (χ0n) is 19.1. The molecule has 1 saturated heterocycles. The van der Waals surface area contributed by atoms with Gasteiger partial charge in [-0.2, -0.15) is 0 Å². The van der Waals surface area contributed by atoms with Crippen LogP contribution in [0.25, 0.3) is 0 Å². The molecule has 0 spiro atoms. The highest BCUT2D eigenvalue weighted by Crippen LogP contribution is 2.29. The highest BCUT2D eigenvalue weighted by Gasteiger charge is 2.22. The Balaban J connectivity index is 1.31. The lowest BCUT2D eigenvalue weighted by molar-refractivity contribution is 0.0930. The van der Waals surface area contributed by atoms with Crippen molar-refractivity contribution in [1.82, 2.24) is 5.32 Å². The van der Waals surface area contributed by atoms with E-state index in [0.29, 0.717) is 23.7 Å². The summed E-state index contributed by atoms with van der Waals surface area (Å²) in [6.07, 6.45) is 1.79. The molecule has 0 aliphatic carbocycles. The molecule has 1 aliphatic rings. The molecule has 6 heteroatoms. The van der Waals surface area contributed by atoms with Crippen molar-refractivity contribution in [2.24, 2.45) is 0 Å². The van der Waals surface area contributed by atoms with E-state index in [-0.39, 0.29) is 11.9 Å². The Morgan fingerprint density at radius 3 is 2.30 bits per heavy atom. The molecule has 3 aromatic rings. The molecule has 1 amide bonds. The van der Waals surface area contributed by atoms with Crippen LogP contribution in [0, 0.1) is 0 Å². The van der Waals surface area contributed by atoms with Crippen LogP contribution in [0.5, 0.6) is 17.2 Å². The maximum Gasteiger partial charge on any atom is 0.251 e. The van der Waals surface area contributed by atoms with Gasteiger partial charge in [-0.1, -0.05) is 30.3 Å². The summed E-state index contributed by atoms with van der Waals surface area (Å²) in [5.41, 5.74) is 2.82. The number of hydrogen-bond acceptors (Lipinski definition) is 5. The summed E-state index contributed by atoms with van der Waals surface area (Å²) in [6, 6.07) is 23.5. The third-order valence-electron chi connectivity index (χ3n) is 5.93. The molecule has 4 rings (SSSR count).